The van der Waals surface area contributed by atoms with Crippen molar-refractivity contribution in [2.24, 2.45) is 5.92 Å². The molecule has 2 aromatic carbocycles. The lowest BCUT2D eigenvalue weighted by atomic mass is 10.0. The van der Waals surface area contributed by atoms with Gasteiger partial charge in [-0.05, 0) is 66.2 Å². The maximum atomic E-state index is 12.0. The molecule has 0 radical (unpaired) electrons. The molecule has 4 nitrogen and oxygen atoms in total. The predicted octanol–water partition coefficient (Wildman–Crippen LogP) is 3.72. The van der Waals surface area contributed by atoms with Gasteiger partial charge in [0.05, 0.1) is 6.61 Å². The maximum absolute atomic E-state index is 12.0. The Bertz CT molecular complexity index is 770. The Morgan fingerprint density at radius 1 is 1.15 bits per heavy atom. The summed E-state index contributed by atoms with van der Waals surface area (Å²) in [5.74, 6) is 1.83. The smallest absolute Gasteiger partial charge is 0.220 e. The highest BCUT2D eigenvalue weighted by molar-refractivity contribution is 5.85. The number of benzene rings is 2. The summed E-state index contributed by atoms with van der Waals surface area (Å²) in [6.07, 6.45) is 3.80. The van der Waals surface area contributed by atoms with Gasteiger partial charge in [0.15, 0.2) is 0 Å². The number of rotatable bonds is 6. The van der Waals surface area contributed by atoms with E-state index in [0.717, 1.165) is 43.9 Å². The third kappa shape index (κ3) is 5.02. The molecule has 2 heterocycles. The molecule has 2 N–H and O–H groups in total. The minimum atomic E-state index is 0. The van der Waals surface area contributed by atoms with Gasteiger partial charge in [-0.2, -0.15) is 0 Å². The summed E-state index contributed by atoms with van der Waals surface area (Å²) in [7, 11) is 0. The quantitative estimate of drug-likeness (QED) is 0.795. The minimum absolute atomic E-state index is 0. The van der Waals surface area contributed by atoms with Crippen LogP contribution in [0.3, 0.4) is 0 Å². The van der Waals surface area contributed by atoms with Crippen LogP contribution >= 0.6 is 12.4 Å². The van der Waals surface area contributed by atoms with Crippen LogP contribution in [0.1, 0.15) is 30.4 Å². The first kappa shape index (κ1) is 19.7. The van der Waals surface area contributed by atoms with E-state index in [4.69, 9.17) is 4.74 Å². The van der Waals surface area contributed by atoms with Crippen LogP contribution in [0.25, 0.3) is 11.1 Å². The molecule has 1 amide bonds. The summed E-state index contributed by atoms with van der Waals surface area (Å²) < 4.78 is 5.57. The fourth-order valence-corrected chi connectivity index (χ4v) is 3.77. The molecule has 2 aromatic rings. The Balaban J connectivity index is 0.00000210. The first-order chi connectivity index (χ1) is 12.8. The number of nitrogens with one attached hydrogen (secondary N) is 2. The normalized spacial score (nSPS) is 17.7. The van der Waals surface area contributed by atoms with Crippen molar-refractivity contribution in [3.05, 3.63) is 53.6 Å². The number of hydrogen-bond acceptors (Lipinski definition) is 3. The lowest BCUT2D eigenvalue weighted by Gasteiger charge is -2.09. The molecular weight excluding hydrogens is 360 g/mol. The summed E-state index contributed by atoms with van der Waals surface area (Å²) in [6.45, 7) is 3.54. The van der Waals surface area contributed by atoms with Crippen molar-refractivity contribution in [1.82, 2.24) is 10.6 Å². The van der Waals surface area contributed by atoms with Gasteiger partial charge in [0, 0.05) is 19.4 Å². The Morgan fingerprint density at radius 2 is 1.96 bits per heavy atom. The van der Waals surface area contributed by atoms with Crippen LogP contribution in [0, 0.1) is 5.92 Å². The fourth-order valence-electron chi connectivity index (χ4n) is 3.77. The zero-order valence-corrected chi connectivity index (χ0v) is 16.3. The number of carbonyl (C=O) groups is 1. The summed E-state index contributed by atoms with van der Waals surface area (Å²) in [5, 5.41) is 6.39. The van der Waals surface area contributed by atoms with Gasteiger partial charge in [-0.15, -0.1) is 12.4 Å². The molecule has 0 saturated carbocycles. The second kappa shape index (κ2) is 9.25. The van der Waals surface area contributed by atoms with Gasteiger partial charge in [0.25, 0.3) is 0 Å². The van der Waals surface area contributed by atoms with Gasteiger partial charge < -0.3 is 15.4 Å². The first-order valence-electron chi connectivity index (χ1n) is 9.60. The molecule has 1 unspecified atom stereocenters. The van der Waals surface area contributed by atoms with Gasteiger partial charge in [-0.25, -0.2) is 0 Å². The van der Waals surface area contributed by atoms with E-state index < -0.39 is 0 Å². The fraction of sp³-hybridized carbons (Fsp3) is 0.409. The highest BCUT2D eigenvalue weighted by atomic mass is 35.5. The molecule has 1 atom stereocenters. The third-order valence-electron chi connectivity index (χ3n) is 5.41. The van der Waals surface area contributed by atoms with E-state index in [0.29, 0.717) is 18.9 Å². The van der Waals surface area contributed by atoms with Crippen LogP contribution in [0.5, 0.6) is 5.75 Å². The second-order valence-electron chi connectivity index (χ2n) is 7.29. The highest BCUT2D eigenvalue weighted by Gasteiger charge is 2.15. The second-order valence-corrected chi connectivity index (χ2v) is 7.29. The van der Waals surface area contributed by atoms with E-state index >= 15 is 0 Å². The zero-order valence-electron chi connectivity index (χ0n) is 15.5. The van der Waals surface area contributed by atoms with Gasteiger partial charge in [-0.3, -0.25) is 4.79 Å². The molecular formula is C22H27ClN2O2. The SMILES string of the molecule is Cl.O=C(CCC1CCNC1)NCc1ccc(-c2ccc3c(c2)CCO3)cc1. The molecule has 27 heavy (non-hydrogen) atoms. The molecule has 0 aliphatic carbocycles. The molecule has 4 rings (SSSR count). The van der Waals surface area contributed by atoms with Crippen molar-refractivity contribution in [2.45, 2.75) is 32.2 Å². The highest BCUT2D eigenvalue weighted by Crippen LogP contribution is 2.30. The Labute approximate surface area is 167 Å². The van der Waals surface area contributed by atoms with Crippen LogP contribution in [0.4, 0.5) is 0 Å². The van der Waals surface area contributed by atoms with E-state index in [1.807, 2.05) is 0 Å². The summed E-state index contributed by atoms with van der Waals surface area (Å²) in [6, 6.07) is 14.8. The Morgan fingerprint density at radius 3 is 2.74 bits per heavy atom. The largest absolute Gasteiger partial charge is 0.493 e. The van der Waals surface area contributed by atoms with E-state index in [-0.39, 0.29) is 18.3 Å². The minimum Gasteiger partial charge on any atom is -0.493 e. The van der Waals surface area contributed by atoms with Gasteiger partial charge in [0.1, 0.15) is 5.75 Å². The number of fused-ring (bicyclic) bond motifs is 1. The summed E-state index contributed by atoms with van der Waals surface area (Å²) in [5.41, 5.74) is 4.84. The zero-order chi connectivity index (χ0) is 17.8. The standard InChI is InChI=1S/C22H26N2O2.ClH/c25-22(8-3-17-9-11-23-14-17)24-15-16-1-4-18(5-2-16)19-6-7-21-20(13-19)10-12-26-21;/h1-2,4-7,13,17,23H,3,8-12,14-15H2,(H,24,25);1H. The Kier molecular flexibility index (Phi) is 6.75. The van der Waals surface area contributed by atoms with Crippen LogP contribution in [0.2, 0.25) is 0 Å². The van der Waals surface area contributed by atoms with Crippen molar-refractivity contribution in [2.75, 3.05) is 19.7 Å². The van der Waals surface area contributed by atoms with Crippen molar-refractivity contribution in [3.8, 4) is 16.9 Å². The number of carbonyl (C=O) groups excluding carboxylic acids is 1. The molecule has 1 saturated heterocycles. The average Bonchev–Trinajstić information content (AvgIpc) is 3.36. The molecule has 1 fully saturated rings. The van der Waals surface area contributed by atoms with E-state index in [1.54, 1.807) is 0 Å². The number of halogens is 1. The first-order valence-corrected chi connectivity index (χ1v) is 9.60. The van der Waals surface area contributed by atoms with Crippen LogP contribution in [0.15, 0.2) is 42.5 Å². The third-order valence-corrected chi connectivity index (χ3v) is 5.41. The average molecular weight is 387 g/mol. The van der Waals surface area contributed by atoms with Crippen molar-refractivity contribution < 1.29 is 9.53 Å². The lowest BCUT2D eigenvalue weighted by molar-refractivity contribution is -0.121. The van der Waals surface area contributed by atoms with Gasteiger partial charge >= 0.3 is 0 Å². The summed E-state index contributed by atoms with van der Waals surface area (Å²) >= 11 is 0. The van der Waals surface area contributed by atoms with Crippen molar-refractivity contribution in [3.63, 3.8) is 0 Å². The van der Waals surface area contributed by atoms with Crippen LogP contribution in [-0.4, -0.2) is 25.6 Å². The molecule has 2 aliphatic rings. The summed E-state index contributed by atoms with van der Waals surface area (Å²) in [4.78, 5) is 12.0. The van der Waals surface area contributed by atoms with E-state index in [1.165, 1.54) is 23.1 Å². The lowest BCUT2D eigenvalue weighted by Crippen LogP contribution is -2.23. The maximum Gasteiger partial charge on any atom is 0.220 e. The van der Waals surface area contributed by atoms with Crippen molar-refractivity contribution in [1.29, 1.82) is 0 Å². The molecule has 0 aromatic heterocycles. The molecule has 0 spiro atoms. The molecule has 144 valence electrons. The monoisotopic (exact) mass is 386 g/mol. The molecule has 2 aliphatic heterocycles. The number of hydrogen-bond donors (Lipinski definition) is 2. The predicted molar refractivity (Wildman–Crippen MR) is 110 cm³/mol. The molecule has 5 heteroatoms. The Hall–Kier alpha value is -2.04. The topological polar surface area (TPSA) is 50.4 Å². The molecule has 0 bridgehead atoms. The van der Waals surface area contributed by atoms with Crippen molar-refractivity contribution >= 4 is 18.3 Å². The van der Waals surface area contributed by atoms with Crippen LogP contribution in [-0.2, 0) is 17.8 Å². The van der Waals surface area contributed by atoms with Gasteiger partial charge in [0.2, 0.25) is 5.91 Å². The van der Waals surface area contributed by atoms with E-state index in [9.17, 15) is 4.79 Å². The number of amides is 1. The number of ether oxygens (including phenoxy) is 1. The van der Waals surface area contributed by atoms with E-state index in [2.05, 4.69) is 53.1 Å². The van der Waals surface area contributed by atoms with Gasteiger partial charge in [-0.1, -0.05) is 30.3 Å². The van der Waals surface area contributed by atoms with Crippen LogP contribution < -0.4 is 15.4 Å².